The Morgan fingerprint density at radius 1 is 1.26 bits per heavy atom. The summed E-state index contributed by atoms with van der Waals surface area (Å²) < 4.78 is 31.0. The highest BCUT2D eigenvalue weighted by Gasteiger charge is 2.19. The molecule has 0 radical (unpaired) electrons. The zero-order valence-electron chi connectivity index (χ0n) is 14.3. The van der Waals surface area contributed by atoms with Gasteiger partial charge < -0.3 is 10.1 Å². The van der Waals surface area contributed by atoms with Crippen molar-refractivity contribution in [2.45, 2.75) is 20.1 Å². The number of nitrogens with one attached hydrogen (secondary N) is 1. The van der Waals surface area contributed by atoms with E-state index in [0.717, 1.165) is 23.0 Å². The van der Waals surface area contributed by atoms with E-state index in [0.29, 0.717) is 12.2 Å². The molecule has 0 aliphatic heterocycles. The molecule has 9 heteroatoms. The van der Waals surface area contributed by atoms with Crippen LogP contribution in [0.15, 0.2) is 54.7 Å². The number of hydrogen-bond acceptors (Lipinski definition) is 5. The SMILES string of the molecule is Cc1ccn(-c2ccccc2CNc2ccc([N+](=O)[O-])c(OC(F)F)c2)n1. The third-order valence-electron chi connectivity index (χ3n) is 3.82. The Hall–Kier alpha value is -3.49. The number of aromatic nitrogens is 2. The van der Waals surface area contributed by atoms with Gasteiger partial charge in [0.25, 0.3) is 0 Å². The van der Waals surface area contributed by atoms with Crippen LogP contribution < -0.4 is 10.1 Å². The predicted octanol–water partition coefficient (Wildman–Crippen LogP) is 4.30. The molecule has 0 saturated carbocycles. The highest BCUT2D eigenvalue weighted by Crippen LogP contribution is 2.31. The molecular formula is C18H16F2N4O3. The second-order valence-electron chi connectivity index (χ2n) is 5.70. The Morgan fingerprint density at radius 3 is 2.70 bits per heavy atom. The summed E-state index contributed by atoms with van der Waals surface area (Å²) in [6, 6.07) is 13.2. The summed E-state index contributed by atoms with van der Waals surface area (Å²) in [6.07, 6.45) is 1.84. The molecule has 1 N–H and O–H groups in total. The number of aryl methyl sites for hydroxylation is 1. The third-order valence-corrected chi connectivity index (χ3v) is 3.82. The normalized spacial score (nSPS) is 10.8. The second-order valence-corrected chi connectivity index (χ2v) is 5.70. The van der Waals surface area contributed by atoms with Crippen molar-refractivity contribution in [2.75, 3.05) is 5.32 Å². The van der Waals surface area contributed by atoms with E-state index in [-0.39, 0.29) is 0 Å². The Bertz CT molecular complexity index is 959. The fraction of sp³-hybridized carbons (Fsp3) is 0.167. The standard InChI is InChI=1S/C18H16F2N4O3/c1-12-8-9-23(22-12)15-5-3-2-4-13(15)11-21-14-6-7-16(24(25)26)17(10-14)27-18(19)20/h2-10,18,21H,11H2,1H3. The van der Waals surface area contributed by atoms with Crippen molar-refractivity contribution in [3.8, 4) is 11.4 Å². The molecule has 1 heterocycles. The minimum Gasteiger partial charge on any atom is -0.427 e. The molecule has 7 nitrogen and oxygen atoms in total. The highest BCUT2D eigenvalue weighted by molar-refractivity contribution is 5.58. The average Bonchev–Trinajstić information content (AvgIpc) is 3.06. The predicted molar refractivity (Wildman–Crippen MR) is 95.4 cm³/mol. The first-order valence-corrected chi connectivity index (χ1v) is 8.01. The number of alkyl halides is 2. The van der Waals surface area contributed by atoms with E-state index in [2.05, 4.69) is 15.2 Å². The number of benzene rings is 2. The van der Waals surface area contributed by atoms with Gasteiger partial charge in [0, 0.05) is 30.6 Å². The van der Waals surface area contributed by atoms with Gasteiger partial charge >= 0.3 is 12.3 Å². The molecule has 3 aromatic rings. The molecule has 2 aromatic carbocycles. The smallest absolute Gasteiger partial charge is 0.387 e. The molecule has 0 unspecified atom stereocenters. The van der Waals surface area contributed by atoms with Gasteiger partial charge in [0.15, 0.2) is 0 Å². The van der Waals surface area contributed by atoms with Crippen molar-refractivity contribution in [1.29, 1.82) is 0 Å². The number of nitro groups is 1. The van der Waals surface area contributed by atoms with E-state index in [9.17, 15) is 18.9 Å². The van der Waals surface area contributed by atoms with Crippen LogP contribution in [0.5, 0.6) is 5.75 Å². The molecule has 27 heavy (non-hydrogen) atoms. The number of rotatable bonds is 7. The van der Waals surface area contributed by atoms with E-state index in [1.807, 2.05) is 43.5 Å². The molecule has 3 rings (SSSR count). The van der Waals surface area contributed by atoms with Gasteiger partial charge in [-0.3, -0.25) is 10.1 Å². The average molecular weight is 374 g/mol. The number of halogens is 2. The van der Waals surface area contributed by atoms with Crippen LogP contribution in [0.25, 0.3) is 5.69 Å². The van der Waals surface area contributed by atoms with Crippen LogP contribution in [0.2, 0.25) is 0 Å². The molecule has 0 spiro atoms. The molecule has 1 aromatic heterocycles. The number of hydrogen-bond donors (Lipinski definition) is 1. The Balaban J connectivity index is 1.82. The number of ether oxygens (including phenoxy) is 1. The molecule has 0 amide bonds. The van der Waals surface area contributed by atoms with E-state index in [1.165, 1.54) is 12.1 Å². The van der Waals surface area contributed by atoms with Gasteiger partial charge in [-0.2, -0.15) is 13.9 Å². The van der Waals surface area contributed by atoms with Gasteiger partial charge in [0.2, 0.25) is 5.75 Å². The van der Waals surface area contributed by atoms with Crippen molar-refractivity contribution in [3.05, 3.63) is 76.1 Å². The molecular weight excluding hydrogens is 358 g/mol. The van der Waals surface area contributed by atoms with Gasteiger partial charge in [-0.15, -0.1) is 0 Å². The monoisotopic (exact) mass is 374 g/mol. The lowest BCUT2D eigenvalue weighted by atomic mass is 10.1. The van der Waals surface area contributed by atoms with Gasteiger partial charge in [-0.1, -0.05) is 18.2 Å². The first kappa shape index (κ1) is 18.3. The molecule has 0 fully saturated rings. The number of nitrogens with zero attached hydrogens (tertiary/aromatic N) is 3. The fourth-order valence-electron chi connectivity index (χ4n) is 2.60. The molecule has 0 aliphatic rings. The molecule has 0 aliphatic carbocycles. The topological polar surface area (TPSA) is 82.2 Å². The van der Waals surface area contributed by atoms with Crippen molar-refractivity contribution in [1.82, 2.24) is 9.78 Å². The maximum atomic E-state index is 12.5. The van der Waals surface area contributed by atoms with Crippen molar-refractivity contribution in [2.24, 2.45) is 0 Å². The first-order valence-electron chi connectivity index (χ1n) is 8.01. The van der Waals surface area contributed by atoms with E-state index >= 15 is 0 Å². The molecule has 0 atom stereocenters. The van der Waals surface area contributed by atoms with Crippen molar-refractivity contribution in [3.63, 3.8) is 0 Å². The number of nitro benzene ring substituents is 1. The van der Waals surface area contributed by atoms with E-state index < -0.39 is 23.0 Å². The Morgan fingerprint density at radius 2 is 2.04 bits per heavy atom. The maximum absolute atomic E-state index is 12.5. The van der Waals surface area contributed by atoms with E-state index in [4.69, 9.17) is 0 Å². The van der Waals surface area contributed by atoms with Crippen LogP contribution in [0.3, 0.4) is 0 Å². The van der Waals surface area contributed by atoms with Crippen LogP contribution in [0.1, 0.15) is 11.3 Å². The lowest BCUT2D eigenvalue weighted by Crippen LogP contribution is -2.07. The molecule has 140 valence electrons. The lowest BCUT2D eigenvalue weighted by molar-refractivity contribution is -0.386. The van der Waals surface area contributed by atoms with Crippen LogP contribution in [-0.4, -0.2) is 21.3 Å². The summed E-state index contributed by atoms with van der Waals surface area (Å²) in [7, 11) is 0. The molecule has 0 bridgehead atoms. The largest absolute Gasteiger partial charge is 0.427 e. The third kappa shape index (κ3) is 4.38. The fourth-order valence-corrected chi connectivity index (χ4v) is 2.60. The van der Waals surface area contributed by atoms with Gasteiger partial charge in [-0.05, 0) is 30.7 Å². The zero-order valence-corrected chi connectivity index (χ0v) is 14.3. The minimum absolute atomic E-state index is 0.362. The number of para-hydroxylation sites is 1. The summed E-state index contributed by atoms with van der Waals surface area (Å²) in [5.41, 5.74) is 2.55. The summed E-state index contributed by atoms with van der Waals surface area (Å²) in [5, 5.41) is 18.4. The summed E-state index contributed by atoms with van der Waals surface area (Å²) in [6.45, 7) is -0.900. The Kier molecular flexibility index (Phi) is 5.30. The quantitative estimate of drug-likeness (QED) is 0.492. The summed E-state index contributed by atoms with van der Waals surface area (Å²) >= 11 is 0. The van der Waals surface area contributed by atoms with Crippen molar-refractivity contribution >= 4 is 11.4 Å². The minimum atomic E-state index is -3.15. The van der Waals surface area contributed by atoms with Gasteiger partial charge in [0.1, 0.15) is 0 Å². The highest BCUT2D eigenvalue weighted by atomic mass is 19.3. The van der Waals surface area contributed by atoms with E-state index in [1.54, 1.807) is 4.68 Å². The lowest BCUT2D eigenvalue weighted by Gasteiger charge is -2.13. The van der Waals surface area contributed by atoms with Gasteiger partial charge in [0.05, 0.1) is 16.3 Å². The van der Waals surface area contributed by atoms with Crippen LogP contribution in [0.4, 0.5) is 20.2 Å². The zero-order chi connectivity index (χ0) is 19.4. The summed E-state index contributed by atoms with van der Waals surface area (Å²) in [4.78, 5) is 10.2. The van der Waals surface area contributed by atoms with Crippen LogP contribution >= 0.6 is 0 Å². The van der Waals surface area contributed by atoms with Crippen molar-refractivity contribution < 1.29 is 18.4 Å². The molecule has 0 saturated heterocycles. The Labute approximate surface area is 153 Å². The summed E-state index contributed by atoms with van der Waals surface area (Å²) in [5.74, 6) is -0.490. The second kappa shape index (κ2) is 7.81. The number of anilines is 1. The van der Waals surface area contributed by atoms with Crippen LogP contribution in [0, 0.1) is 17.0 Å². The van der Waals surface area contributed by atoms with Gasteiger partial charge in [-0.25, -0.2) is 4.68 Å². The maximum Gasteiger partial charge on any atom is 0.387 e. The first-order chi connectivity index (χ1) is 12.9. The van der Waals surface area contributed by atoms with Crippen LogP contribution in [-0.2, 0) is 6.54 Å².